The van der Waals surface area contributed by atoms with Gasteiger partial charge in [0.05, 0.1) is 12.1 Å². The molecule has 1 heterocycles. The van der Waals surface area contributed by atoms with Gasteiger partial charge in [-0.1, -0.05) is 70.7 Å². The van der Waals surface area contributed by atoms with Crippen LogP contribution < -0.4 is 15.2 Å². The number of aromatic nitrogens is 1. The van der Waals surface area contributed by atoms with Gasteiger partial charge in [0.15, 0.2) is 11.5 Å². The Bertz CT molecular complexity index is 1450. The molecule has 1 aromatic heterocycles. The monoisotopic (exact) mass is 523 g/mol. The SMILES string of the molecule is COc1cc(-c2c(-c3ccc(C)cc3)cnc(N)c2C#N)cc(Cl)c1OCc1ccc(Cl)cc1Cl. The summed E-state index contributed by atoms with van der Waals surface area (Å²) in [5.74, 6) is 0.874. The van der Waals surface area contributed by atoms with Crippen molar-refractivity contribution in [3.63, 3.8) is 0 Å². The van der Waals surface area contributed by atoms with E-state index < -0.39 is 0 Å². The molecule has 0 aliphatic heterocycles. The first kappa shape index (κ1) is 24.7. The van der Waals surface area contributed by atoms with Crippen molar-refractivity contribution in [2.24, 2.45) is 0 Å². The lowest BCUT2D eigenvalue weighted by Crippen LogP contribution is -2.02. The molecular weight excluding hydrogens is 505 g/mol. The molecule has 2 N–H and O–H groups in total. The van der Waals surface area contributed by atoms with Gasteiger partial charge in [-0.25, -0.2) is 4.98 Å². The van der Waals surface area contributed by atoms with E-state index in [4.69, 9.17) is 50.0 Å². The Hall–Kier alpha value is -3.43. The summed E-state index contributed by atoms with van der Waals surface area (Å²) < 4.78 is 11.6. The Balaban J connectivity index is 1.81. The molecule has 0 spiro atoms. The standard InChI is InChI=1S/C27H20Cl3N3O2/c1-15-3-5-16(6-4-15)21-13-33-27(32)20(12-31)25(21)18-9-23(30)26(24(10-18)34-2)35-14-17-7-8-19(28)11-22(17)29/h3-11,13H,14H2,1-2H3,(H2,32,33). The van der Waals surface area contributed by atoms with Gasteiger partial charge in [0.2, 0.25) is 0 Å². The van der Waals surface area contributed by atoms with Gasteiger partial charge in [-0.3, -0.25) is 0 Å². The average Bonchev–Trinajstić information content (AvgIpc) is 2.84. The van der Waals surface area contributed by atoms with Crippen molar-refractivity contribution in [1.82, 2.24) is 4.98 Å². The summed E-state index contributed by atoms with van der Waals surface area (Å²) in [6.45, 7) is 2.17. The molecule has 0 aliphatic carbocycles. The number of nitrogens with two attached hydrogens (primary N) is 1. The molecule has 0 aliphatic rings. The topological polar surface area (TPSA) is 81.2 Å². The van der Waals surface area contributed by atoms with Crippen molar-refractivity contribution in [1.29, 1.82) is 5.26 Å². The van der Waals surface area contributed by atoms with Crippen molar-refractivity contribution in [2.45, 2.75) is 13.5 Å². The largest absolute Gasteiger partial charge is 0.493 e. The predicted octanol–water partition coefficient (Wildman–Crippen LogP) is 7.73. The van der Waals surface area contributed by atoms with Crippen molar-refractivity contribution in [2.75, 3.05) is 12.8 Å². The third kappa shape index (κ3) is 5.16. The fourth-order valence-electron chi connectivity index (χ4n) is 3.68. The Labute approximate surface area is 218 Å². The summed E-state index contributed by atoms with van der Waals surface area (Å²) in [5.41, 5.74) is 11.1. The number of benzene rings is 3. The van der Waals surface area contributed by atoms with Crippen molar-refractivity contribution < 1.29 is 9.47 Å². The van der Waals surface area contributed by atoms with E-state index in [9.17, 15) is 5.26 Å². The van der Waals surface area contributed by atoms with Crippen molar-refractivity contribution >= 4 is 40.6 Å². The number of nitriles is 1. The van der Waals surface area contributed by atoms with Crippen molar-refractivity contribution in [3.8, 4) is 39.8 Å². The lowest BCUT2D eigenvalue weighted by Gasteiger charge is -2.18. The normalized spacial score (nSPS) is 10.6. The zero-order chi connectivity index (χ0) is 25.1. The number of methoxy groups -OCH3 is 1. The predicted molar refractivity (Wildman–Crippen MR) is 141 cm³/mol. The molecule has 0 saturated heterocycles. The second-order valence-electron chi connectivity index (χ2n) is 7.80. The molecule has 35 heavy (non-hydrogen) atoms. The van der Waals surface area contributed by atoms with E-state index in [1.165, 1.54) is 7.11 Å². The molecule has 0 unspecified atom stereocenters. The van der Waals surface area contributed by atoms with Gasteiger partial charge in [0.25, 0.3) is 0 Å². The highest BCUT2D eigenvalue weighted by molar-refractivity contribution is 6.35. The highest BCUT2D eigenvalue weighted by Gasteiger charge is 2.21. The molecule has 176 valence electrons. The molecule has 0 radical (unpaired) electrons. The minimum absolute atomic E-state index is 0.131. The van der Waals surface area contributed by atoms with E-state index >= 15 is 0 Å². The molecule has 0 amide bonds. The lowest BCUT2D eigenvalue weighted by atomic mass is 9.92. The summed E-state index contributed by atoms with van der Waals surface area (Å²) >= 11 is 18.9. The minimum Gasteiger partial charge on any atom is -0.493 e. The summed E-state index contributed by atoms with van der Waals surface area (Å²) in [6.07, 6.45) is 1.66. The summed E-state index contributed by atoms with van der Waals surface area (Å²) in [7, 11) is 1.52. The van der Waals surface area contributed by atoms with Crippen LogP contribution in [0.2, 0.25) is 15.1 Å². The summed E-state index contributed by atoms with van der Waals surface area (Å²) in [5, 5.41) is 11.2. The first-order valence-electron chi connectivity index (χ1n) is 10.5. The van der Waals surface area contributed by atoms with Gasteiger partial charge in [0, 0.05) is 32.9 Å². The number of nitrogens with zero attached hydrogens (tertiary/aromatic N) is 2. The Kier molecular flexibility index (Phi) is 7.37. The van der Waals surface area contributed by atoms with E-state index in [0.717, 1.165) is 22.3 Å². The van der Waals surface area contributed by atoms with Gasteiger partial charge < -0.3 is 15.2 Å². The zero-order valence-electron chi connectivity index (χ0n) is 18.9. The third-order valence-corrected chi connectivity index (χ3v) is 6.36. The second-order valence-corrected chi connectivity index (χ2v) is 9.05. The van der Waals surface area contributed by atoms with E-state index in [0.29, 0.717) is 37.7 Å². The maximum absolute atomic E-state index is 9.90. The number of anilines is 1. The number of halogens is 3. The van der Waals surface area contributed by atoms with Crippen LogP contribution >= 0.6 is 34.8 Å². The molecule has 4 aromatic rings. The van der Waals surface area contributed by atoms with Gasteiger partial charge in [-0.15, -0.1) is 0 Å². The van der Waals surface area contributed by atoms with Gasteiger partial charge in [-0.05, 0) is 42.3 Å². The fourth-order valence-corrected chi connectivity index (χ4v) is 4.41. The Morgan fingerprint density at radius 3 is 2.37 bits per heavy atom. The Morgan fingerprint density at radius 2 is 1.71 bits per heavy atom. The zero-order valence-corrected chi connectivity index (χ0v) is 21.2. The van der Waals surface area contributed by atoms with Crippen LogP contribution in [0.15, 0.2) is 60.8 Å². The highest BCUT2D eigenvalue weighted by Crippen LogP contribution is 2.44. The quantitative estimate of drug-likeness (QED) is 0.279. The van der Waals surface area contributed by atoms with Gasteiger partial charge in [-0.2, -0.15) is 5.26 Å². The number of aryl methyl sites for hydroxylation is 1. The molecule has 0 atom stereocenters. The van der Waals surface area contributed by atoms with Crippen LogP contribution in [-0.4, -0.2) is 12.1 Å². The maximum atomic E-state index is 9.90. The van der Waals surface area contributed by atoms with Crippen molar-refractivity contribution in [3.05, 3.63) is 92.6 Å². The maximum Gasteiger partial charge on any atom is 0.180 e. The molecule has 4 rings (SSSR count). The number of hydrogen-bond acceptors (Lipinski definition) is 5. The summed E-state index contributed by atoms with van der Waals surface area (Å²) in [6, 6.07) is 18.8. The smallest absolute Gasteiger partial charge is 0.180 e. The third-order valence-electron chi connectivity index (χ3n) is 5.49. The minimum atomic E-state index is 0.131. The van der Waals surface area contributed by atoms with E-state index in [1.807, 2.05) is 31.2 Å². The van der Waals surface area contributed by atoms with Gasteiger partial charge in [0.1, 0.15) is 24.1 Å². The van der Waals surface area contributed by atoms with E-state index in [1.54, 1.807) is 36.5 Å². The van der Waals surface area contributed by atoms with Crippen LogP contribution in [0.5, 0.6) is 11.5 Å². The lowest BCUT2D eigenvalue weighted by molar-refractivity contribution is 0.285. The molecule has 5 nitrogen and oxygen atoms in total. The first-order chi connectivity index (χ1) is 16.8. The number of nitrogen functional groups attached to an aromatic ring is 1. The summed E-state index contributed by atoms with van der Waals surface area (Å²) in [4.78, 5) is 4.24. The van der Waals surface area contributed by atoms with Gasteiger partial charge >= 0.3 is 0 Å². The van der Waals surface area contributed by atoms with Crippen LogP contribution in [0.4, 0.5) is 5.82 Å². The molecule has 0 bridgehead atoms. The number of hydrogen-bond donors (Lipinski definition) is 1. The average molecular weight is 525 g/mol. The molecular formula is C27H20Cl3N3O2. The molecule has 8 heteroatoms. The molecule has 3 aromatic carbocycles. The second kappa shape index (κ2) is 10.5. The Morgan fingerprint density at radius 1 is 0.971 bits per heavy atom. The molecule has 0 fully saturated rings. The van der Waals surface area contributed by atoms with E-state index in [2.05, 4.69) is 11.1 Å². The van der Waals surface area contributed by atoms with Crippen LogP contribution in [0.3, 0.4) is 0 Å². The van der Waals surface area contributed by atoms with Crippen LogP contribution in [0.1, 0.15) is 16.7 Å². The van der Waals surface area contributed by atoms with Crippen LogP contribution in [0.25, 0.3) is 22.3 Å². The number of rotatable bonds is 6. The van der Waals surface area contributed by atoms with Crippen LogP contribution in [0, 0.1) is 18.3 Å². The number of ether oxygens (including phenoxy) is 2. The van der Waals surface area contributed by atoms with Crippen LogP contribution in [-0.2, 0) is 6.61 Å². The first-order valence-corrected chi connectivity index (χ1v) is 11.7. The highest BCUT2D eigenvalue weighted by atomic mass is 35.5. The fraction of sp³-hybridized carbons (Fsp3) is 0.111. The number of pyridine rings is 1. The van der Waals surface area contributed by atoms with E-state index in [-0.39, 0.29) is 18.0 Å². The molecule has 0 saturated carbocycles.